The Morgan fingerprint density at radius 1 is 1.35 bits per heavy atom. The van der Waals surface area contributed by atoms with Gasteiger partial charge in [0, 0.05) is 38.9 Å². The Kier molecular flexibility index (Phi) is 8.61. The molecule has 0 aromatic rings. The smallest absolute Gasteiger partial charge is 0.0622 e. The van der Waals surface area contributed by atoms with Gasteiger partial charge in [-0.15, -0.1) is 0 Å². The molecule has 1 heterocycles. The lowest BCUT2D eigenvalue weighted by atomic mass is 10.2. The lowest BCUT2D eigenvalue weighted by Gasteiger charge is -2.22. The van der Waals surface area contributed by atoms with Crippen LogP contribution < -0.4 is 5.32 Å². The summed E-state index contributed by atoms with van der Waals surface area (Å²) in [6, 6.07) is 0.623. The first-order chi connectivity index (χ1) is 8.34. The first kappa shape index (κ1) is 14.9. The normalized spacial score (nSPS) is 20.3. The largest absolute Gasteiger partial charge is 0.380 e. The number of nitrogens with zero attached hydrogens (tertiary/aromatic N) is 1. The summed E-state index contributed by atoms with van der Waals surface area (Å²) in [5, 5.41) is 3.41. The zero-order valence-electron chi connectivity index (χ0n) is 11.4. The summed E-state index contributed by atoms with van der Waals surface area (Å²) in [5.74, 6) is 0. The van der Waals surface area contributed by atoms with Crippen LogP contribution in [-0.4, -0.2) is 64.1 Å². The Labute approximate surface area is 106 Å². The molecule has 0 aromatic carbocycles. The van der Waals surface area contributed by atoms with Crippen LogP contribution in [-0.2, 0) is 9.47 Å². The summed E-state index contributed by atoms with van der Waals surface area (Å²) in [5.41, 5.74) is 0. The van der Waals surface area contributed by atoms with E-state index in [1.54, 1.807) is 0 Å². The summed E-state index contributed by atoms with van der Waals surface area (Å²) >= 11 is 0. The molecule has 102 valence electrons. The van der Waals surface area contributed by atoms with E-state index < -0.39 is 0 Å². The molecule has 1 rings (SSSR count). The second kappa shape index (κ2) is 9.83. The van der Waals surface area contributed by atoms with E-state index in [2.05, 4.69) is 24.2 Å². The molecule has 0 spiro atoms. The second-order valence-electron chi connectivity index (χ2n) is 4.71. The first-order valence-electron chi connectivity index (χ1n) is 6.91. The second-order valence-corrected chi connectivity index (χ2v) is 4.71. The van der Waals surface area contributed by atoms with Gasteiger partial charge in [0.25, 0.3) is 0 Å². The molecular weight excluding hydrogens is 216 g/mol. The quantitative estimate of drug-likeness (QED) is 0.584. The van der Waals surface area contributed by atoms with E-state index in [4.69, 9.17) is 9.47 Å². The standard InChI is InChI=1S/C13H28N2O2/c1-3-4-9-16-11-7-14-6-8-15(2)13-5-10-17-12-13/h13-14H,3-12H2,1-2H3. The number of nitrogens with one attached hydrogen (secondary N) is 1. The van der Waals surface area contributed by atoms with E-state index in [1.807, 2.05) is 0 Å². The molecule has 0 aromatic heterocycles. The molecule has 4 nitrogen and oxygen atoms in total. The lowest BCUT2D eigenvalue weighted by Crippen LogP contribution is -2.37. The maximum absolute atomic E-state index is 5.48. The van der Waals surface area contributed by atoms with Crippen molar-refractivity contribution in [3.63, 3.8) is 0 Å². The molecule has 1 N–H and O–H groups in total. The third-order valence-electron chi connectivity index (χ3n) is 3.24. The average molecular weight is 244 g/mol. The van der Waals surface area contributed by atoms with Crippen molar-refractivity contribution in [1.29, 1.82) is 0 Å². The first-order valence-corrected chi connectivity index (χ1v) is 6.91. The summed E-state index contributed by atoms with van der Waals surface area (Å²) in [4.78, 5) is 2.39. The van der Waals surface area contributed by atoms with E-state index in [-0.39, 0.29) is 0 Å². The van der Waals surface area contributed by atoms with E-state index in [9.17, 15) is 0 Å². The van der Waals surface area contributed by atoms with Crippen LogP contribution in [0.5, 0.6) is 0 Å². The minimum Gasteiger partial charge on any atom is -0.380 e. The molecule has 0 aliphatic carbocycles. The van der Waals surface area contributed by atoms with E-state index in [0.29, 0.717) is 6.04 Å². The number of unbranched alkanes of at least 4 members (excludes halogenated alkanes) is 1. The fraction of sp³-hybridized carbons (Fsp3) is 1.00. The number of likely N-dealkylation sites (N-methyl/N-ethyl adjacent to an activating group) is 1. The van der Waals surface area contributed by atoms with Crippen molar-refractivity contribution in [3.8, 4) is 0 Å². The molecule has 0 amide bonds. The predicted octanol–water partition coefficient (Wildman–Crippen LogP) is 1.11. The van der Waals surface area contributed by atoms with Gasteiger partial charge in [0.1, 0.15) is 0 Å². The highest BCUT2D eigenvalue weighted by atomic mass is 16.5. The van der Waals surface area contributed by atoms with Crippen molar-refractivity contribution in [1.82, 2.24) is 10.2 Å². The third-order valence-corrected chi connectivity index (χ3v) is 3.24. The Bertz CT molecular complexity index is 173. The number of hydrogen-bond donors (Lipinski definition) is 1. The van der Waals surface area contributed by atoms with Gasteiger partial charge < -0.3 is 14.8 Å². The van der Waals surface area contributed by atoms with Gasteiger partial charge in [-0.25, -0.2) is 0 Å². The van der Waals surface area contributed by atoms with Crippen LogP contribution in [0.15, 0.2) is 0 Å². The predicted molar refractivity (Wildman–Crippen MR) is 70.5 cm³/mol. The van der Waals surface area contributed by atoms with Crippen molar-refractivity contribution in [2.45, 2.75) is 32.2 Å². The molecule has 1 aliphatic rings. The highest BCUT2D eigenvalue weighted by molar-refractivity contribution is 4.73. The molecule has 0 saturated carbocycles. The molecule has 1 aliphatic heterocycles. The van der Waals surface area contributed by atoms with Crippen LogP contribution in [0.3, 0.4) is 0 Å². The Morgan fingerprint density at radius 2 is 2.24 bits per heavy atom. The molecule has 17 heavy (non-hydrogen) atoms. The zero-order chi connectivity index (χ0) is 12.3. The van der Waals surface area contributed by atoms with Crippen molar-refractivity contribution >= 4 is 0 Å². The summed E-state index contributed by atoms with van der Waals surface area (Å²) < 4.78 is 10.9. The fourth-order valence-electron chi connectivity index (χ4n) is 1.93. The molecule has 0 radical (unpaired) electrons. The van der Waals surface area contributed by atoms with Crippen LogP contribution in [0.1, 0.15) is 26.2 Å². The Morgan fingerprint density at radius 3 is 2.94 bits per heavy atom. The van der Waals surface area contributed by atoms with Crippen LogP contribution in [0, 0.1) is 0 Å². The molecule has 1 fully saturated rings. The highest BCUT2D eigenvalue weighted by Gasteiger charge is 2.19. The summed E-state index contributed by atoms with van der Waals surface area (Å²) in [7, 11) is 2.18. The van der Waals surface area contributed by atoms with Crippen LogP contribution in [0.4, 0.5) is 0 Å². The minimum atomic E-state index is 0.623. The maximum Gasteiger partial charge on any atom is 0.0622 e. The van der Waals surface area contributed by atoms with E-state index in [1.165, 1.54) is 19.3 Å². The van der Waals surface area contributed by atoms with Crippen LogP contribution >= 0.6 is 0 Å². The summed E-state index contributed by atoms with van der Waals surface area (Å²) in [6.07, 6.45) is 3.56. The third kappa shape index (κ3) is 6.99. The Balaban J connectivity index is 1.83. The Hall–Kier alpha value is -0.160. The molecular formula is C13H28N2O2. The molecule has 0 bridgehead atoms. The maximum atomic E-state index is 5.48. The number of ether oxygens (including phenoxy) is 2. The summed E-state index contributed by atoms with van der Waals surface area (Å²) in [6.45, 7) is 8.81. The van der Waals surface area contributed by atoms with Gasteiger partial charge in [0.05, 0.1) is 13.2 Å². The van der Waals surface area contributed by atoms with Gasteiger partial charge >= 0.3 is 0 Å². The van der Waals surface area contributed by atoms with Crippen molar-refractivity contribution < 1.29 is 9.47 Å². The van der Waals surface area contributed by atoms with Gasteiger partial charge in [-0.05, 0) is 19.9 Å². The average Bonchev–Trinajstić information content (AvgIpc) is 2.86. The molecule has 1 saturated heterocycles. The van der Waals surface area contributed by atoms with Gasteiger partial charge in [0.15, 0.2) is 0 Å². The van der Waals surface area contributed by atoms with Gasteiger partial charge in [0.2, 0.25) is 0 Å². The monoisotopic (exact) mass is 244 g/mol. The van der Waals surface area contributed by atoms with Gasteiger partial charge in [-0.2, -0.15) is 0 Å². The van der Waals surface area contributed by atoms with Crippen LogP contribution in [0.25, 0.3) is 0 Å². The molecule has 1 atom stereocenters. The zero-order valence-corrected chi connectivity index (χ0v) is 11.4. The van der Waals surface area contributed by atoms with Gasteiger partial charge in [-0.3, -0.25) is 4.90 Å². The lowest BCUT2D eigenvalue weighted by molar-refractivity contribution is 0.131. The van der Waals surface area contributed by atoms with E-state index in [0.717, 1.165) is 46.1 Å². The fourth-order valence-corrected chi connectivity index (χ4v) is 1.93. The van der Waals surface area contributed by atoms with Crippen molar-refractivity contribution in [2.24, 2.45) is 0 Å². The highest BCUT2D eigenvalue weighted by Crippen LogP contribution is 2.09. The minimum absolute atomic E-state index is 0.623. The van der Waals surface area contributed by atoms with Crippen LogP contribution in [0.2, 0.25) is 0 Å². The molecule has 4 heteroatoms. The molecule has 1 unspecified atom stereocenters. The number of rotatable bonds is 10. The topological polar surface area (TPSA) is 33.7 Å². The number of hydrogen-bond acceptors (Lipinski definition) is 4. The van der Waals surface area contributed by atoms with Crippen molar-refractivity contribution in [3.05, 3.63) is 0 Å². The van der Waals surface area contributed by atoms with Gasteiger partial charge in [-0.1, -0.05) is 13.3 Å². The van der Waals surface area contributed by atoms with Crippen molar-refractivity contribution in [2.75, 3.05) is 53.1 Å². The van der Waals surface area contributed by atoms with E-state index >= 15 is 0 Å². The SMILES string of the molecule is CCCCOCCNCCN(C)C1CCOC1.